The van der Waals surface area contributed by atoms with Gasteiger partial charge in [-0.2, -0.15) is 0 Å². The zero-order valence-electron chi connectivity index (χ0n) is 11.7. The summed E-state index contributed by atoms with van der Waals surface area (Å²) >= 11 is 10.6. The minimum absolute atomic E-state index is 0.309. The standard InChI is InChI=1S/C18H14Br3N/c19-13-1-7-16(8-2-13)22(17-9-3-14(20)4-10-17)18-11-5-15(21)6-12-18/h1-11,18H,12H2. The first-order valence-corrected chi connectivity index (χ1v) is 9.35. The Morgan fingerprint density at radius 1 is 0.773 bits per heavy atom. The van der Waals surface area contributed by atoms with E-state index >= 15 is 0 Å². The average Bonchev–Trinajstić information content (AvgIpc) is 2.53. The van der Waals surface area contributed by atoms with Crippen LogP contribution in [0.4, 0.5) is 11.4 Å². The van der Waals surface area contributed by atoms with Gasteiger partial charge in [0.05, 0.1) is 6.04 Å². The second-order valence-electron chi connectivity index (χ2n) is 5.07. The van der Waals surface area contributed by atoms with E-state index < -0.39 is 0 Å². The van der Waals surface area contributed by atoms with Crippen molar-refractivity contribution in [2.24, 2.45) is 0 Å². The highest BCUT2D eigenvalue weighted by atomic mass is 79.9. The molecule has 0 spiro atoms. The Balaban J connectivity index is 2.00. The summed E-state index contributed by atoms with van der Waals surface area (Å²) in [5, 5.41) is 0. The Hall–Kier alpha value is -0.840. The summed E-state index contributed by atoms with van der Waals surface area (Å²) in [7, 11) is 0. The molecule has 0 bridgehead atoms. The van der Waals surface area contributed by atoms with Crippen molar-refractivity contribution >= 4 is 59.2 Å². The van der Waals surface area contributed by atoms with Gasteiger partial charge in [-0.1, -0.05) is 66.0 Å². The molecule has 0 amide bonds. The van der Waals surface area contributed by atoms with Gasteiger partial charge in [-0.3, -0.25) is 0 Å². The number of halogens is 3. The van der Waals surface area contributed by atoms with Crippen LogP contribution < -0.4 is 4.90 Å². The van der Waals surface area contributed by atoms with Crippen LogP contribution in [0.1, 0.15) is 6.42 Å². The van der Waals surface area contributed by atoms with Gasteiger partial charge in [0.1, 0.15) is 0 Å². The number of anilines is 2. The quantitative estimate of drug-likeness (QED) is 0.456. The molecule has 2 aromatic carbocycles. The molecule has 1 atom stereocenters. The summed E-state index contributed by atoms with van der Waals surface area (Å²) in [6.45, 7) is 0. The number of allylic oxidation sites excluding steroid dienone is 2. The first kappa shape index (κ1) is 16.0. The molecular weight excluding hydrogens is 470 g/mol. The molecule has 112 valence electrons. The van der Waals surface area contributed by atoms with Crippen LogP contribution in [-0.2, 0) is 0 Å². The number of rotatable bonds is 3. The highest BCUT2D eigenvalue weighted by Gasteiger charge is 2.19. The van der Waals surface area contributed by atoms with Crippen molar-refractivity contribution in [2.75, 3.05) is 4.90 Å². The van der Waals surface area contributed by atoms with E-state index in [0.717, 1.165) is 19.8 Å². The van der Waals surface area contributed by atoms with Gasteiger partial charge < -0.3 is 4.90 Å². The summed E-state index contributed by atoms with van der Waals surface area (Å²) in [6.07, 6.45) is 7.56. The molecule has 4 heteroatoms. The van der Waals surface area contributed by atoms with Gasteiger partial charge in [-0.15, -0.1) is 0 Å². The van der Waals surface area contributed by atoms with Crippen LogP contribution in [0.3, 0.4) is 0 Å². The lowest BCUT2D eigenvalue weighted by molar-refractivity contribution is 0.784. The third-order valence-corrected chi connectivity index (χ3v) is 5.22. The van der Waals surface area contributed by atoms with E-state index in [2.05, 4.69) is 119 Å². The van der Waals surface area contributed by atoms with Gasteiger partial charge in [0, 0.05) is 24.8 Å². The molecule has 0 aromatic heterocycles. The fourth-order valence-corrected chi connectivity index (χ4v) is 3.38. The largest absolute Gasteiger partial charge is 0.334 e. The van der Waals surface area contributed by atoms with Gasteiger partial charge >= 0.3 is 0 Å². The van der Waals surface area contributed by atoms with Crippen LogP contribution in [0.25, 0.3) is 0 Å². The summed E-state index contributed by atoms with van der Waals surface area (Å²) < 4.78 is 3.33. The second kappa shape index (κ2) is 7.16. The maximum Gasteiger partial charge on any atom is 0.0560 e. The minimum atomic E-state index is 0.309. The fourth-order valence-electron chi connectivity index (χ4n) is 2.51. The second-order valence-corrected chi connectivity index (χ2v) is 7.82. The summed E-state index contributed by atoms with van der Waals surface area (Å²) in [6, 6.07) is 17.2. The highest BCUT2D eigenvalue weighted by Crippen LogP contribution is 2.33. The Bertz CT molecular complexity index is 657. The minimum Gasteiger partial charge on any atom is -0.334 e. The molecule has 1 unspecified atom stereocenters. The molecule has 1 nitrogen and oxygen atoms in total. The molecule has 0 saturated heterocycles. The molecule has 0 saturated carbocycles. The summed E-state index contributed by atoms with van der Waals surface area (Å²) in [5.41, 5.74) is 2.37. The first-order chi connectivity index (χ1) is 10.6. The number of nitrogens with zero attached hydrogens (tertiary/aromatic N) is 1. The van der Waals surface area contributed by atoms with E-state index in [1.54, 1.807) is 0 Å². The topological polar surface area (TPSA) is 3.24 Å². The molecule has 1 aliphatic rings. The Labute approximate surface area is 156 Å². The van der Waals surface area contributed by atoms with E-state index in [9.17, 15) is 0 Å². The van der Waals surface area contributed by atoms with E-state index in [1.165, 1.54) is 11.4 Å². The molecule has 2 aromatic rings. The normalized spacial score (nSPS) is 17.2. The SMILES string of the molecule is BrC1=CCC(N(c2ccc(Br)cc2)c2ccc(Br)cc2)C=C1. The maximum absolute atomic E-state index is 3.54. The number of benzene rings is 2. The Morgan fingerprint density at radius 2 is 1.27 bits per heavy atom. The molecule has 22 heavy (non-hydrogen) atoms. The van der Waals surface area contributed by atoms with Crippen molar-refractivity contribution in [1.82, 2.24) is 0 Å². The smallest absolute Gasteiger partial charge is 0.0560 e. The molecule has 1 aliphatic carbocycles. The number of hydrogen-bond donors (Lipinski definition) is 0. The molecule has 0 heterocycles. The molecular formula is C18H14Br3N. The molecule has 0 N–H and O–H groups in total. The third-order valence-electron chi connectivity index (χ3n) is 3.57. The van der Waals surface area contributed by atoms with E-state index in [4.69, 9.17) is 0 Å². The van der Waals surface area contributed by atoms with Crippen LogP contribution >= 0.6 is 47.8 Å². The molecule has 3 rings (SSSR count). The van der Waals surface area contributed by atoms with Crippen LogP contribution in [0, 0.1) is 0 Å². The van der Waals surface area contributed by atoms with Gasteiger partial charge in [0.25, 0.3) is 0 Å². The average molecular weight is 484 g/mol. The van der Waals surface area contributed by atoms with Crippen molar-refractivity contribution in [2.45, 2.75) is 12.5 Å². The first-order valence-electron chi connectivity index (χ1n) is 6.98. The summed E-state index contributed by atoms with van der Waals surface area (Å²) in [4.78, 5) is 2.37. The van der Waals surface area contributed by atoms with Crippen molar-refractivity contribution in [1.29, 1.82) is 0 Å². The van der Waals surface area contributed by atoms with Crippen LogP contribution in [0.15, 0.2) is 80.2 Å². The predicted molar refractivity (Wildman–Crippen MR) is 105 cm³/mol. The monoisotopic (exact) mass is 481 g/mol. The zero-order valence-corrected chi connectivity index (χ0v) is 16.5. The predicted octanol–water partition coefficient (Wildman–Crippen LogP) is 6.96. The Kier molecular flexibility index (Phi) is 5.21. The lowest BCUT2D eigenvalue weighted by Crippen LogP contribution is -2.29. The number of hydrogen-bond acceptors (Lipinski definition) is 1. The maximum atomic E-state index is 3.54. The lowest BCUT2D eigenvalue weighted by Gasteiger charge is -2.33. The van der Waals surface area contributed by atoms with E-state index in [1.807, 2.05) is 0 Å². The lowest BCUT2D eigenvalue weighted by atomic mass is 10.0. The third kappa shape index (κ3) is 3.73. The van der Waals surface area contributed by atoms with Gasteiger partial charge in [0.15, 0.2) is 0 Å². The van der Waals surface area contributed by atoms with Crippen molar-refractivity contribution in [3.8, 4) is 0 Å². The molecule has 0 aliphatic heterocycles. The molecule has 0 radical (unpaired) electrons. The zero-order chi connectivity index (χ0) is 15.5. The van der Waals surface area contributed by atoms with Gasteiger partial charge in [0.2, 0.25) is 0 Å². The van der Waals surface area contributed by atoms with Crippen molar-refractivity contribution < 1.29 is 0 Å². The van der Waals surface area contributed by atoms with Crippen LogP contribution in [0.2, 0.25) is 0 Å². The van der Waals surface area contributed by atoms with Crippen molar-refractivity contribution in [3.63, 3.8) is 0 Å². The van der Waals surface area contributed by atoms with Crippen molar-refractivity contribution in [3.05, 3.63) is 80.2 Å². The van der Waals surface area contributed by atoms with Crippen LogP contribution in [-0.4, -0.2) is 6.04 Å². The summed E-state index contributed by atoms with van der Waals surface area (Å²) in [5.74, 6) is 0. The fraction of sp³-hybridized carbons (Fsp3) is 0.111. The Morgan fingerprint density at radius 3 is 1.68 bits per heavy atom. The van der Waals surface area contributed by atoms with Crippen LogP contribution in [0.5, 0.6) is 0 Å². The van der Waals surface area contributed by atoms with E-state index in [0.29, 0.717) is 6.04 Å². The van der Waals surface area contributed by atoms with E-state index in [-0.39, 0.29) is 0 Å². The van der Waals surface area contributed by atoms with Gasteiger partial charge in [-0.05, 0) is 55.0 Å². The van der Waals surface area contributed by atoms with Gasteiger partial charge in [-0.25, -0.2) is 0 Å². The highest BCUT2D eigenvalue weighted by molar-refractivity contribution is 9.12. The molecule has 0 fully saturated rings.